The maximum Gasteiger partial charge on any atom is 0.221 e. The van der Waals surface area contributed by atoms with E-state index < -0.39 is 6.10 Å². The highest BCUT2D eigenvalue weighted by molar-refractivity contribution is 5.41. The number of rotatable bonds is 1. The van der Waals surface area contributed by atoms with Crippen molar-refractivity contribution >= 4 is 11.8 Å². The first-order valence-electron chi connectivity index (χ1n) is 4.64. The molecule has 0 amide bonds. The molecule has 1 saturated heterocycles. The first kappa shape index (κ1) is 9.68. The predicted octanol–water partition coefficient (Wildman–Crippen LogP) is -0.212. The van der Waals surface area contributed by atoms with Crippen LogP contribution in [0.4, 0.5) is 11.8 Å². The molecule has 1 unspecified atom stereocenters. The zero-order valence-corrected chi connectivity index (χ0v) is 8.13. The van der Waals surface area contributed by atoms with Crippen molar-refractivity contribution in [2.75, 3.05) is 30.3 Å². The minimum atomic E-state index is -0.394. The molecule has 0 spiro atoms. The van der Waals surface area contributed by atoms with Gasteiger partial charge in [-0.2, -0.15) is 10.2 Å². The van der Waals surface area contributed by atoms with Crippen molar-refractivity contribution in [2.45, 2.75) is 6.10 Å². The van der Waals surface area contributed by atoms with E-state index in [0.29, 0.717) is 19.7 Å². The topological polar surface area (TPSA) is 88.1 Å². The summed E-state index contributed by atoms with van der Waals surface area (Å²) in [5.74, 6) is 0.985. The van der Waals surface area contributed by atoms with Gasteiger partial charge in [-0.25, -0.2) is 4.98 Å². The highest BCUT2D eigenvalue weighted by Gasteiger charge is 2.20. The lowest BCUT2D eigenvalue weighted by Gasteiger charge is -2.30. The minimum Gasteiger partial charge on any atom is -0.368 e. The van der Waals surface area contributed by atoms with Crippen molar-refractivity contribution in [3.8, 4) is 6.07 Å². The Morgan fingerprint density at radius 2 is 2.53 bits per heavy atom. The molecule has 78 valence electrons. The molecule has 2 heterocycles. The monoisotopic (exact) mass is 205 g/mol. The van der Waals surface area contributed by atoms with E-state index in [4.69, 9.17) is 15.7 Å². The molecule has 0 aromatic carbocycles. The molecule has 1 aromatic heterocycles. The van der Waals surface area contributed by atoms with Gasteiger partial charge in [0.2, 0.25) is 5.95 Å². The second-order valence-electron chi connectivity index (χ2n) is 3.21. The summed E-state index contributed by atoms with van der Waals surface area (Å²) >= 11 is 0. The number of nitrogen functional groups attached to an aromatic ring is 1. The molecule has 1 aliphatic rings. The van der Waals surface area contributed by atoms with Gasteiger partial charge >= 0.3 is 0 Å². The third kappa shape index (κ3) is 2.14. The summed E-state index contributed by atoms with van der Waals surface area (Å²) in [6.45, 7) is 1.77. The van der Waals surface area contributed by atoms with Crippen LogP contribution in [-0.2, 0) is 4.74 Å². The fourth-order valence-electron chi connectivity index (χ4n) is 1.48. The zero-order chi connectivity index (χ0) is 10.7. The van der Waals surface area contributed by atoms with Crippen molar-refractivity contribution in [3.05, 3.63) is 12.3 Å². The maximum absolute atomic E-state index is 8.75. The Balaban J connectivity index is 2.14. The number of aromatic nitrogens is 2. The lowest BCUT2D eigenvalue weighted by Crippen LogP contribution is -2.42. The number of hydrogen-bond acceptors (Lipinski definition) is 6. The molecule has 1 aromatic rings. The molecule has 1 fully saturated rings. The van der Waals surface area contributed by atoms with Crippen molar-refractivity contribution < 1.29 is 4.74 Å². The van der Waals surface area contributed by atoms with E-state index in [1.807, 2.05) is 4.90 Å². The van der Waals surface area contributed by atoms with Crippen LogP contribution in [0.15, 0.2) is 12.3 Å². The fraction of sp³-hybridized carbons (Fsp3) is 0.444. The second kappa shape index (κ2) is 4.11. The molecule has 2 rings (SSSR count). The summed E-state index contributed by atoms with van der Waals surface area (Å²) in [7, 11) is 0. The largest absolute Gasteiger partial charge is 0.368 e. The molecule has 0 aliphatic carbocycles. The van der Waals surface area contributed by atoms with E-state index in [0.717, 1.165) is 5.82 Å². The molecule has 0 radical (unpaired) electrons. The molecular formula is C9H11N5O. The first-order chi connectivity index (χ1) is 7.29. The number of nitriles is 1. The summed E-state index contributed by atoms with van der Waals surface area (Å²) in [5, 5.41) is 8.75. The fourth-order valence-corrected chi connectivity index (χ4v) is 1.48. The highest BCUT2D eigenvalue weighted by atomic mass is 16.5. The van der Waals surface area contributed by atoms with E-state index in [1.165, 1.54) is 0 Å². The van der Waals surface area contributed by atoms with Gasteiger partial charge in [-0.3, -0.25) is 0 Å². The predicted molar refractivity (Wildman–Crippen MR) is 54.0 cm³/mol. The van der Waals surface area contributed by atoms with Gasteiger partial charge in [-0.05, 0) is 6.07 Å². The summed E-state index contributed by atoms with van der Waals surface area (Å²) in [6.07, 6.45) is 1.21. The summed E-state index contributed by atoms with van der Waals surface area (Å²) in [6, 6.07) is 3.85. The van der Waals surface area contributed by atoms with E-state index in [2.05, 4.69) is 16.0 Å². The van der Waals surface area contributed by atoms with Crippen LogP contribution in [0.5, 0.6) is 0 Å². The van der Waals surface area contributed by atoms with Gasteiger partial charge in [0, 0.05) is 12.7 Å². The number of hydrogen-bond donors (Lipinski definition) is 1. The van der Waals surface area contributed by atoms with Crippen molar-refractivity contribution in [1.82, 2.24) is 9.97 Å². The summed E-state index contributed by atoms with van der Waals surface area (Å²) in [5.41, 5.74) is 5.49. The normalized spacial score (nSPS) is 21.0. The second-order valence-corrected chi connectivity index (χ2v) is 3.21. The molecule has 15 heavy (non-hydrogen) atoms. The Hall–Kier alpha value is -1.87. The lowest BCUT2D eigenvalue weighted by atomic mass is 10.3. The first-order valence-corrected chi connectivity index (χ1v) is 4.64. The molecule has 0 bridgehead atoms. The molecule has 0 saturated carbocycles. The van der Waals surface area contributed by atoms with Crippen LogP contribution in [0.3, 0.4) is 0 Å². The van der Waals surface area contributed by atoms with Gasteiger partial charge in [0.25, 0.3) is 0 Å². The zero-order valence-electron chi connectivity index (χ0n) is 8.13. The van der Waals surface area contributed by atoms with Crippen molar-refractivity contribution in [2.24, 2.45) is 0 Å². The minimum absolute atomic E-state index is 0.243. The Labute approximate surface area is 87.3 Å². The van der Waals surface area contributed by atoms with E-state index in [1.54, 1.807) is 12.3 Å². The van der Waals surface area contributed by atoms with Gasteiger partial charge < -0.3 is 15.4 Å². The lowest BCUT2D eigenvalue weighted by molar-refractivity contribution is 0.0761. The van der Waals surface area contributed by atoms with Crippen LogP contribution in [0.25, 0.3) is 0 Å². The number of nitrogens with zero attached hydrogens (tertiary/aromatic N) is 4. The highest BCUT2D eigenvalue weighted by Crippen LogP contribution is 2.14. The average molecular weight is 205 g/mol. The Morgan fingerprint density at radius 3 is 3.27 bits per heavy atom. The van der Waals surface area contributed by atoms with Gasteiger partial charge in [-0.1, -0.05) is 0 Å². The van der Waals surface area contributed by atoms with Crippen molar-refractivity contribution in [3.63, 3.8) is 0 Å². The van der Waals surface area contributed by atoms with Gasteiger partial charge in [-0.15, -0.1) is 0 Å². The molecule has 1 atom stereocenters. The Kier molecular flexibility index (Phi) is 2.65. The van der Waals surface area contributed by atoms with Gasteiger partial charge in [0.05, 0.1) is 19.2 Å². The Morgan fingerprint density at radius 1 is 1.67 bits per heavy atom. The number of morpholine rings is 1. The molecular weight excluding hydrogens is 194 g/mol. The third-order valence-electron chi connectivity index (χ3n) is 2.19. The molecule has 6 nitrogen and oxygen atoms in total. The quantitative estimate of drug-likeness (QED) is 0.682. The number of nitrogens with two attached hydrogens (primary N) is 1. The maximum atomic E-state index is 8.75. The van der Waals surface area contributed by atoms with Crippen LogP contribution in [0.2, 0.25) is 0 Å². The molecule has 6 heteroatoms. The Bertz CT molecular complexity index is 388. The molecule has 1 aliphatic heterocycles. The van der Waals surface area contributed by atoms with E-state index >= 15 is 0 Å². The van der Waals surface area contributed by atoms with Crippen LogP contribution < -0.4 is 10.6 Å². The van der Waals surface area contributed by atoms with Crippen molar-refractivity contribution in [1.29, 1.82) is 5.26 Å². The smallest absolute Gasteiger partial charge is 0.221 e. The van der Waals surface area contributed by atoms with Crippen LogP contribution >= 0.6 is 0 Å². The third-order valence-corrected chi connectivity index (χ3v) is 2.19. The van der Waals surface area contributed by atoms with Crippen LogP contribution in [0, 0.1) is 11.3 Å². The average Bonchev–Trinajstić information content (AvgIpc) is 2.29. The molecule has 2 N–H and O–H groups in total. The van der Waals surface area contributed by atoms with E-state index in [-0.39, 0.29) is 5.95 Å². The van der Waals surface area contributed by atoms with Crippen LogP contribution in [-0.4, -0.2) is 35.8 Å². The SMILES string of the molecule is N#CC1CN(c2ccnc(N)n2)CCO1. The number of anilines is 2. The standard InChI is InChI=1S/C9H11N5O/c10-5-7-6-14(3-4-15-7)8-1-2-12-9(11)13-8/h1-2,7H,3-4,6H2,(H2,11,12,13). The number of ether oxygens (including phenoxy) is 1. The van der Waals surface area contributed by atoms with E-state index in [9.17, 15) is 0 Å². The van der Waals surface area contributed by atoms with Gasteiger partial charge in [0.1, 0.15) is 5.82 Å². The summed E-state index contributed by atoms with van der Waals surface area (Å²) < 4.78 is 5.23. The van der Waals surface area contributed by atoms with Crippen LogP contribution in [0.1, 0.15) is 0 Å². The van der Waals surface area contributed by atoms with Gasteiger partial charge in [0.15, 0.2) is 6.10 Å². The summed E-state index contributed by atoms with van der Waals surface area (Å²) in [4.78, 5) is 9.88.